The molecular formula is C23H25N5O. The van der Waals surface area contributed by atoms with Crippen LogP contribution in [-0.2, 0) is 6.54 Å². The number of aryl methyl sites for hydroxylation is 1. The lowest BCUT2D eigenvalue weighted by molar-refractivity contribution is 0.0908. The fourth-order valence-electron chi connectivity index (χ4n) is 3.63. The van der Waals surface area contributed by atoms with Crippen LogP contribution in [0.15, 0.2) is 61.1 Å². The number of carbonyl (C=O) groups is 1. The smallest absolute Gasteiger partial charge is 0.254 e. The van der Waals surface area contributed by atoms with E-state index in [4.69, 9.17) is 0 Å². The van der Waals surface area contributed by atoms with Gasteiger partial charge in [-0.3, -0.25) is 14.7 Å². The minimum absolute atomic E-state index is 0.107. The van der Waals surface area contributed by atoms with Crippen LogP contribution in [-0.4, -0.2) is 44.9 Å². The van der Waals surface area contributed by atoms with Crippen molar-refractivity contribution < 1.29 is 4.79 Å². The van der Waals surface area contributed by atoms with Crippen molar-refractivity contribution in [1.82, 2.24) is 25.2 Å². The van der Waals surface area contributed by atoms with E-state index in [1.807, 2.05) is 49.5 Å². The van der Waals surface area contributed by atoms with E-state index in [0.717, 1.165) is 49.3 Å². The Labute approximate surface area is 171 Å². The van der Waals surface area contributed by atoms with Crippen LogP contribution < -0.4 is 5.32 Å². The number of piperidine rings is 1. The first-order valence-electron chi connectivity index (χ1n) is 10.0. The second-order valence-electron chi connectivity index (χ2n) is 7.46. The third kappa shape index (κ3) is 4.84. The monoisotopic (exact) mass is 387 g/mol. The first-order valence-corrected chi connectivity index (χ1v) is 10.0. The van der Waals surface area contributed by atoms with Gasteiger partial charge in [-0.2, -0.15) is 0 Å². The fraction of sp³-hybridized carbons (Fsp3) is 0.304. The Kier molecular flexibility index (Phi) is 5.91. The molecule has 0 radical (unpaired) electrons. The van der Waals surface area contributed by atoms with Crippen LogP contribution in [0.3, 0.4) is 0 Å². The van der Waals surface area contributed by atoms with Crippen LogP contribution in [0.5, 0.6) is 0 Å². The van der Waals surface area contributed by atoms with Crippen LogP contribution >= 0.6 is 0 Å². The lowest BCUT2D eigenvalue weighted by Gasteiger charge is -2.32. The van der Waals surface area contributed by atoms with Crippen LogP contribution in [0.4, 0.5) is 0 Å². The first kappa shape index (κ1) is 19.2. The van der Waals surface area contributed by atoms with Gasteiger partial charge in [0.25, 0.3) is 5.91 Å². The van der Waals surface area contributed by atoms with Crippen LogP contribution in [0.25, 0.3) is 11.4 Å². The molecule has 29 heavy (non-hydrogen) atoms. The Morgan fingerprint density at radius 2 is 1.76 bits per heavy atom. The molecule has 1 amide bonds. The maximum absolute atomic E-state index is 12.6. The van der Waals surface area contributed by atoms with Crippen molar-refractivity contribution in [2.75, 3.05) is 13.1 Å². The maximum atomic E-state index is 12.6. The fourth-order valence-corrected chi connectivity index (χ4v) is 3.63. The highest BCUT2D eigenvalue weighted by Crippen LogP contribution is 2.19. The van der Waals surface area contributed by atoms with Crippen LogP contribution in [0.1, 0.15) is 34.5 Å². The molecule has 0 spiro atoms. The molecule has 1 aliphatic rings. The van der Waals surface area contributed by atoms with Gasteiger partial charge in [-0.25, -0.2) is 9.97 Å². The molecule has 0 bridgehead atoms. The van der Waals surface area contributed by atoms with Gasteiger partial charge in [0.2, 0.25) is 0 Å². The van der Waals surface area contributed by atoms with Gasteiger partial charge in [-0.15, -0.1) is 0 Å². The molecule has 1 aromatic carbocycles. The zero-order valence-corrected chi connectivity index (χ0v) is 16.6. The minimum atomic E-state index is -0.107. The molecule has 3 aromatic rings. The van der Waals surface area contributed by atoms with Crippen molar-refractivity contribution in [3.8, 4) is 11.4 Å². The van der Waals surface area contributed by atoms with Crippen molar-refractivity contribution >= 4 is 5.91 Å². The number of hydrogen-bond acceptors (Lipinski definition) is 5. The summed E-state index contributed by atoms with van der Waals surface area (Å²) < 4.78 is 0. The molecular weight excluding hydrogens is 362 g/mol. The van der Waals surface area contributed by atoms with Crippen molar-refractivity contribution in [2.24, 2.45) is 0 Å². The van der Waals surface area contributed by atoms with E-state index < -0.39 is 0 Å². The molecule has 6 heteroatoms. The first-order chi connectivity index (χ1) is 14.2. The Bertz CT molecular complexity index is 951. The quantitative estimate of drug-likeness (QED) is 0.728. The number of aromatic nitrogens is 3. The highest BCUT2D eigenvalue weighted by Gasteiger charge is 2.21. The Morgan fingerprint density at radius 3 is 2.45 bits per heavy atom. The molecule has 6 nitrogen and oxygen atoms in total. The number of likely N-dealkylation sites (tertiary alicyclic amines) is 1. The Morgan fingerprint density at radius 1 is 1.03 bits per heavy atom. The van der Waals surface area contributed by atoms with Crippen molar-refractivity contribution in [1.29, 1.82) is 0 Å². The zero-order valence-electron chi connectivity index (χ0n) is 16.6. The molecule has 2 aromatic heterocycles. The van der Waals surface area contributed by atoms with Crippen molar-refractivity contribution in [3.05, 3.63) is 77.9 Å². The lowest BCUT2D eigenvalue weighted by Crippen LogP contribution is -2.44. The van der Waals surface area contributed by atoms with Gasteiger partial charge < -0.3 is 5.32 Å². The number of benzene rings is 1. The topological polar surface area (TPSA) is 71.0 Å². The van der Waals surface area contributed by atoms with Gasteiger partial charge in [0.15, 0.2) is 5.82 Å². The van der Waals surface area contributed by atoms with Crippen molar-refractivity contribution in [2.45, 2.75) is 32.4 Å². The minimum Gasteiger partial charge on any atom is -0.349 e. The molecule has 0 aliphatic carbocycles. The van der Waals surface area contributed by atoms with Crippen LogP contribution in [0, 0.1) is 6.92 Å². The highest BCUT2D eigenvalue weighted by molar-refractivity contribution is 5.93. The molecule has 0 atom stereocenters. The third-order valence-electron chi connectivity index (χ3n) is 5.33. The SMILES string of the molecule is Cc1ccccc1-c1ncc(C(=O)NC2CCN(Cc3ccccn3)CC2)cn1. The number of nitrogens with one attached hydrogen (secondary N) is 1. The van der Waals surface area contributed by atoms with Gasteiger partial charge >= 0.3 is 0 Å². The predicted octanol–water partition coefficient (Wildman–Crippen LogP) is 3.24. The predicted molar refractivity (Wildman–Crippen MR) is 112 cm³/mol. The molecule has 0 unspecified atom stereocenters. The average molecular weight is 387 g/mol. The third-order valence-corrected chi connectivity index (χ3v) is 5.33. The molecule has 1 fully saturated rings. The zero-order chi connectivity index (χ0) is 20.1. The molecule has 1 saturated heterocycles. The largest absolute Gasteiger partial charge is 0.349 e. The summed E-state index contributed by atoms with van der Waals surface area (Å²) in [7, 11) is 0. The number of carbonyl (C=O) groups excluding carboxylic acids is 1. The second-order valence-corrected chi connectivity index (χ2v) is 7.46. The molecule has 0 saturated carbocycles. The molecule has 4 rings (SSSR count). The summed E-state index contributed by atoms with van der Waals surface area (Å²) in [5, 5.41) is 3.13. The number of nitrogens with zero attached hydrogens (tertiary/aromatic N) is 4. The van der Waals surface area contributed by atoms with E-state index in [0.29, 0.717) is 11.4 Å². The number of pyridine rings is 1. The summed E-state index contributed by atoms with van der Waals surface area (Å²) in [5.41, 5.74) is 3.68. The van der Waals surface area contributed by atoms with Crippen LogP contribution in [0.2, 0.25) is 0 Å². The average Bonchev–Trinajstić information content (AvgIpc) is 2.76. The summed E-state index contributed by atoms with van der Waals surface area (Å²) in [6.45, 7) is 4.78. The van der Waals surface area contributed by atoms with Gasteiger partial charge in [0, 0.05) is 49.8 Å². The van der Waals surface area contributed by atoms with E-state index in [9.17, 15) is 4.79 Å². The van der Waals surface area contributed by atoms with Gasteiger partial charge in [0.1, 0.15) is 0 Å². The Hall–Kier alpha value is -3.12. The maximum Gasteiger partial charge on any atom is 0.254 e. The standard InChI is InChI=1S/C23H25N5O/c1-17-6-2-3-8-21(17)22-25-14-18(15-26-22)23(29)27-19-9-12-28(13-10-19)16-20-7-4-5-11-24-20/h2-8,11,14-15,19H,9-10,12-13,16H2,1H3,(H,27,29). The normalized spacial score (nSPS) is 15.2. The lowest BCUT2D eigenvalue weighted by atomic mass is 10.0. The summed E-state index contributed by atoms with van der Waals surface area (Å²) >= 11 is 0. The number of rotatable bonds is 5. The molecule has 1 N–H and O–H groups in total. The number of hydrogen-bond donors (Lipinski definition) is 1. The summed E-state index contributed by atoms with van der Waals surface area (Å²) in [5.74, 6) is 0.534. The van der Waals surface area contributed by atoms with Gasteiger partial charge in [-0.05, 0) is 37.5 Å². The van der Waals surface area contributed by atoms with Gasteiger partial charge in [-0.1, -0.05) is 30.3 Å². The van der Waals surface area contributed by atoms with E-state index in [-0.39, 0.29) is 11.9 Å². The number of amides is 1. The van der Waals surface area contributed by atoms with E-state index in [1.165, 1.54) is 0 Å². The summed E-state index contributed by atoms with van der Waals surface area (Å²) in [6.07, 6.45) is 6.91. The second kappa shape index (κ2) is 8.92. The van der Waals surface area contributed by atoms with E-state index in [2.05, 4.69) is 31.2 Å². The van der Waals surface area contributed by atoms with E-state index in [1.54, 1.807) is 12.4 Å². The molecule has 148 valence electrons. The van der Waals surface area contributed by atoms with Gasteiger partial charge in [0.05, 0.1) is 11.3 Å². The van der Waals surface area contributed by atoms with Crippen molar-refractivity contribution in [3.63, 3.8) is 0 Å². The summed E-state index contributed by atoms with van der Waals surface area (Å²) in [6, 6.07) is 14.1. The Balaban J connectivity index is 1.30. The molecule has 1 aliphatic heterocycles. The molecule has 3 heterocycles. The van der Waals surface area contributed by atoms with E-state index >= 15 is 0 Å². The highest BCUT2D eigenvalue weighted by atomic mass is 16.1. The summed E-state index contributed by atoms with van der Waals surface area (Å²) in [4.78, 5) is 28.1.